The highest BCUT2D eigenvalue weighted by atomic mass is 32.1. The second-order valence-corrected chi connectivity index (χ2v) is 5.09. The van der Waals surface area contributed by atoms with Crippen LogP contribution >= 0.6 is 11.3 Å². The lowest BCUT2D eigenvalue weighted by Crippen LogP contribution is -2.11. The number of ether oxygens (including phenoxy) is 1. The first kappa shape index (κ1) is 15.4. The van der Waals surface area contributed by atoms with E-state index in [9.17, 15) is 0 Å². The Bertz CT molecular complexity index is 507. The van der Waals surface area contributed by atoms with E-state index in [4.69, 9.17) is 4.74 Å². The molecule has 0 amide bonds. The van der Waals surface area contributed by atoms with Gasteiger partial charge in [-0.25, -0.2) is 4.98 Å². The molecule has 0 aliphatic heterocycles. The SMILES string of the molecule is CCCNc1nc(NCc2cscn2)nc(OCCC)n1. The van der Waals surface area contributed by atoms with Crippen LogP contribution in [0.5, 0.6) is 6.01 Å². The number of rotatable bonds is 9. The molecule has 0 bridgehead atoms. The first-order chi connectivity index (χ1) is 10.3. The van der Waals surface area contributed by atoms with E-state index in [1.807, 2.05) is 12.3 Å². The fourth-order valence-electron chi connectivity index (χ4n) is 1.50. The molecular formula is C13H20N6OS. The zero-order valence-corrected chi connectivity index (χ0v) is 13.1. The smallest absolute Gasteiger partial charge is 0.323 e. The molecule has 2 aromatic rings. The number of hydrogen-bond acceptors (Lipinski definition) is 8. The summed E-state index contributed by atoms with van der Waals surface area (Å²) < 4.78 is 5.50. The summed E-state index contributed by atoms with van der Waals surface area (Å²) in [5.74, 6) is 1.02. The van der Waals surface area contributed by atoms with Crippen molar-refractivity contribution in [2.45, 2.75) is 33.2 Å². The maximum Gasteiger partial charge on any atom is 0.323 e. The van der Waals surface area contributed by atoms with Crippen molar-refractivity contribution < 1.29 is 4.74 Å². The molecule has 21 heavy (non-hydrogen) atoms. The highest BCUT2D eigenvalue weighted by molar-refractivity contribution is 7.07. The van der Waals surface area contributed by atoms with Crippen LogP contribution in [0.3, 0.4) is 0 Å². The molecule has 0 spiro atoms. The number of nitrogens with one attached hydrogen (secondary N) is 2. The first-order valence-electron chi connectivity index (χ1n) is 7.05. The van der Waals surface area contributed by atoms with Gasteiger partial charge in [0.25, 0.3) is 0 Å². The van der Waals surface area contributed by atoms with Crippen molar-refractivity contribution >= 4 is 23.2 Å². The van der Waals surface area contributed by atoms with Gasteiger partial charge in [0, 0.05) is 11.9 Å². The highest BCUT2D eigenvalue weighted by Gasteiger charge is 2.07. The summed E-state index contributed by atoms with van der Waals surface area (Å²) in [6.07, 6.45) is 1.91. The molecule has 2 aromatic heterocycles. The average molecular weight is 308 g/mol. The summed E-state index contributed by atoms with van der Waals surface area (Å²) in [7, 11) is 0. The van der Waals surface area contributed by atoms with Gasteiger partial charge in [-0.3, -0.25) is 0 Å². The summed E-state index contributed by atoms with van der Waals surface area (Å²) in [4.78, 5) is 17.0. The van der Waals surface area contributed by atoms with E-state index in [1.54, 1.807) is 16.8 Å². The average Bonchev–Trinajstić information content (AvgIpc) is 3.02. The monoisotopic (exact) mass is 308 g/mol. The molecule has 0 aliphatic carbocycles. The van der Waals surface area contributed by atoms with Gasteiger partial charge in [-0.2, -0.15) is 15.0 Å². The Kier molecular flexibility index (Phi) is 6.14. The summed E-state index contributed by atoms with van der Waals surface area (Å²) in [5.41, 5.74) is 2.76. The molecule has 0 saturated heterocycles. The van der Waals surface area contributed by atoms with Crippen LogP contribution in [0, 0.1) is 0 Å². The van der Waals surface area contributed by atoms with Gasteiger partial charge in [-0.1, -0.05) is 13.8 Å². The van der Waals surface area contributed by atoms with E-state index >= 15 is 0 Å². The Labute approximate surface area is 128 Å². The van der Waals surface area contributed by atoms with Crippen LogP contribution in [0.15, 0.2) is 10.9 Å². The van der Waals surface area contributed by atoms with Gasteiger partial charge in [0.05, 0.1) is 24.4 Å². The van der Waals surface area contributed by atoms with Crippen molar-refractivity contribution in [2.75, 3.05) is 23.8 Å². The largest absolute Gasteiger partial charge is 0.463 e. The molecule has 2 rings (SSSR count). The highest BCUT2D eigenvalue weighted by Crippen LogP contribution is 2.12. The summed E-state index contributed by atoms with van der Waals surface area (Å²) in [5, 5.41) is 8.28. The van der Waals surface area contributed by atoms with Crippen molar-refractivity contribution in [2.24, 2.45) is 0 Å². The van der Waals surface area contributed by atoms with E-state index in [-0.39, 0.29) is 0 Å². The van der Waals surface area contributed by atoms with Crippen molar-refractivity contribution in [1.82, 2.24) is 19.9 Å². The van der Waals surface area contributed by atoms with Gasteiger partial charge >= 0.3 is 6.01 Å². The lowest BCUT2D eigenvalue weighted by molar-refractivity contribution is 0.292. The predicted molar refractivity (Wildman–Crippen MR) is 83.8 cm³/mol. The van der Waals surface area contributed by atoms with Gasteiger partial charge in [-0.05, 0) is 12.8 Å². The lowest BCUT2D eigenvalue weighted by Gasteiger charge is -2.09. The quantitative estimate of drug-likeness (QED) is 0.736. The molecule has 2 N–H and O–H groups in total. The third-order valence-electron chi connectivity index (χ3n) is 2.49. The second kappa shape index (κ2) is 8.35. The van der Waals surface area contributed by atoms with Gasteiger partial charge < -0.3 is 15.4 Å². The van der Waals surface area contributed by atoms with E-state index in [0.29, 0.717) is 31.1 Å². The van der Waals surface area contributed by atoms with E-state index in [0.717, 1.165) is 25.1 Å². The Hall–Kier alpha value is -1.96. The molecule has 7 nitrogen and oxygen atoms in total. The van der Waals surface area contributed by atoms with Crippen LogP contribution in [-0.2, 0) is 6.54 Å². The lowest BCUT2D eigenvalue weighted by atomic mass is 10.5. The van der Waals surface area contributed by atoms with Gasteiger partial charge in [0.15, 0.2) is 0 Å². The maximum atomic E-state index is 5.50. The van der Waals surface area contributed by atoms with Gasteiger partial charge in [0.2, 0.25) is 11.9 Å². The van der Waals surface area contributed by atoms with Gasteiger partial charge in [0.1, 0.15) is 0 Å². The zero-order chi connectivity index (χ0) is 14.9. The minimum Gasteiger partial charge on any atom is -0.463 e. The summed E-state index contributed by atoms with van der Waals surface area (Å²) in [6.45, 7) is 6.10. The number of anilines is 2. The fourth-order valence-corrected chi connectivity index (χ4v) is 2.06. The van der Waals surface area contributed by atoms with Crippen molar-refractivity contribution in [1.29, 1.82) is 0 Å². The maximum absolute atomic E-state index is 5.50. The standard InChI is InChI=1S/C13H20N6OS/c1-3-5-14-11-17-12(15-7-10-8-21-9-16-10)19-13(18-11)20-6-4-2/h8-9H,3-7H2,1-2H3,(H2,14,15,17,18,19). The van der Waals surface area contributed by atoms with Crippen molar-refractivity contribution in [3.05, 3.63) is 16.6 Å². The normalized spacial score (nSPS) is 10.4. The van der Waals surface area contributed by atoms with Crippen LogP contribution in [0.4, 0.5) is 11.9 Å². The number of nitrogens with zero attached hydrogens (tertiary/aromatic N) is 4. The zero-order valence-electron chi connectivity index (χ0n) is 12.3. The molecule has 0 atom stereocenters. The Balaban J connectivity index is 2.05. The van der Waals surface area contributed by atoms with Crippen LogP contribution < -0.4 is 15.4 Å². The number of hydrogen-bond donors (Lipinski definition) is 2. The molecule has 0 fully saturated rings. The summed E-state index contributed by atoms with van der Waals surface area (Å²) in [6, 6.07) is 0.339. The third-order valence-corrected chi connectivity index (χ3v) is 3.13. The number of aromatic nitrogens is 4. The molecule has 0 radical (unpaired) electrons. The topological polar surface area (TPSA) is 84.9 Å². The Morgan fingerprint density at radius 1 is 1.10 bits per heavy atom. The van der Waals surface area contributed by atoms with Crippen LogP contribution in [0.25, 0.3) is 0 Å². The minimum atomic E-state index is 0.339. The molecule has 114 valence electrons. The molecule has 0 unspecified atom stereocenters. The van der Waals surface area contributed by atoms with Crippen LogP contribution in [-0.4, -0.2) is 33.1 Å². The van der Waals surface area contributed by atoms with Crippen molar-refractivity contribution in [3.8, 4) is 6.01 Å². The molecule has 2 heterocycles. The Morgan fingerprint density at radius 3 is 2.57 bits per heavy atom. The van der Waals surface area contributed by atoms with Gasteiger partial charge in [-0.15, -0.1) is 11.3 Å². The number of thiazole rings is 1. The molecule has 8 heteroatoms. The summed E-state index contributed by atoms with van der Waals surface area (Å²) >= 11 is 1.56. The molecule has 0 aliphatic rings. The predicted octanol–water partition coefficient (Wildman–Crippen LogP) is 2.55. The molecule has 0 saturated carbocycles. The first-order valence-corrected chi connectivity index (χ1v) is 7.99. The Morgan fingerprint density at radius 2 is 1.90 bits per heavy atom. The molecular weight excluding hydrogens is 288 g/mol. The minimum absolute atomic E-state index is 0.339. The van der Waals surface area contributed by atoms with Crippen molar-refractivity contribution in [3.63, 3.8) is 0 Å². The van der Waals surface area contributed by atoms with E-state index in [1.165, 1.54) is 0 Å². The fraction of sp³-hybridized carbons (Fsp3) is 0.538. The third kappa shape index (κ3) is 5.14. The second-order valence-electron chi connectivity index (χ2n) is 4.37. The van der Waals surface area contributed by atoms with E-state index in [2.05, 4.69) is 37.5 Å². The van der Waals surface area contributed by atoms with E-state index < -0.39 is 0 Å². The van der Waals surface area contributed by atoms with Crippen LogP contribution in [0.2, 0.25) is 0 Å². The van der Waals surface area contributed by atoms with Crippen LogP contribution in [0.1, 0.15) is 32.4 Å². The molecule has 0 aromatic carbocycles.